The molecule has 0 bridgehead atoms. The van der Waals surface area contributed by atoms with Crippen LogP contribution in [-0.4, -0.2) is 22.6 Å². The maximum absolute atomic E-state index is 13.3. The lowest BCUT2D eigenvalue weighted by molar-refractivity contribution is 0.0697. The summed E-state index contributed by atoms with van der Waals surface area (Å²) < 4.78 is 26.5. The third-order valence-electron chi connectivity index (χ3n) is 3.68. The van der Waals surface area contributed by atoms with Crippen molar-refractivity contribution in [3.05, 3.63) is 65.4 Å². The second-order valence-electron chi connectivity index (χ2n) is 5.15. The number of aromatic nitrogens is 1. The van der Waals surface area contributed by atoms with E-state index in [0.29, 0.717) is 19.0 Å². The number of hydrogen-bond acceptors (Lipinski definition) is 2. The van der Waals surface area contributed by atoms with E-state index < -0.39 is 17.6 Å². The van der Waals surface area contributed by atoms with Crippen molar-refractivity contribution in [2.24, 2.45) is 0 Å². The number of carbonyl (C=O) groups is 1. The summed E-state index contributed by atoms with van der Waals surface area (Å²) in [5.41, 5.74) is 1.85. The van der Waals surface area contributed by atoms with Crippen LogP contribution >= 0.6 is 0 Å². The molecule has 0 spiro atoms. The number of carboxylic acids is 1. The summed E-state index contributed by atoms with van der Waals surface area (Å²) in [6, 6.07) is 9.37. The first kappa shape index (κ1) is 15.0. The fraction of sp³-hybridized carbons (Fsp3) is 0.118. The Bertz CT molecular complexity index is 874. The molecule has 0 saturated heterocycles. The van der Waals surface area contributed by atoms with Crippen molar-refractivity contribution in [3.63, 3.8) is 0 Å². The van der Waals surface area contributed by atoms with Crippen LogP contribution in [0.4, 0.5) is 14.5 Å². The van der Waals surface area contributed by atoms with Crippen LogP contribution in [0.1, 0.15) is 15.9 Å². The molecule has 0 saturated carbocycles. The standard InChI is InChI=1S/C17H14F2N2O2/c18-13-7-12(17(22)23)16(8-14(13)19)20-6-5-10-9-21-15-4-2-1-3-11(10)15/h1-4,7-9,20-21H,5-6H2,(H,22,23). The number of rotatable bonds is 5. The van der Waals surface area contributed by atoms with Crippen molar-refractivity contribution in [1.29, 1.82) is 0 Å². The molecule has 0 aliphatic rings. The van der Waals surface area contributed by atoms with Gasteiger partial charge in [-0.2, -0.15) is 0 Å². The zero-order valence-corrected chi connectivity index (χ0v) is 12.1. The molecule has 1 aromatic heterocycles. The molecule has 3 rings (SSSR count). The maximum atomic E-state index is 13.3. The van der Waals surface area contributed by atoms with E-state index in [9.17, 15) is 13.6 Å². The van der Waals surface area contributed by atoms with Gasteiger partial charge in [0.05, 0.1) is 11.3 Å². The van der Waals surface area contributed by atoms with Gasteiger partial charge in [-0.15, -0.1) is 0 Å². The Kier molecular flexibility index (Phi) is 3.97. The van der Waals surface area contributed by atoms with Gasteiger partial charge in [-0.05, 0) is 24.1 Å². The van der Waals surface area contributed by atoms with E-state index in [-0.39, 0.29) is 11.3 Å². The van der Waals surface area contributed by atoms with Crippen LogP contribution in [0.25, 0.3) is 10.9 Å². The molecule has 23 heavy (non-hydrogen) atoms. The second kappa shape index (κ2) is 6.08. The number of aromatic amines is 1. The van der Waals surface area contributed by atoms with Gasteiger partial charge in [0.2, 0.25) is 0 Å². The second-order valence-corrected chi connectivity index (χ2v) is 5.15. The average Bonchev–Trinajstić information content (AvgIpc) is 2.94. The predicted octanol–water partition coefficient (Wildman–Crippen LogP) is 3.80. The van der Waals surface area contributed by atoms with Crippen molar-refractivity contribution in [2.75, 3.05) is 11.9 Å². The first-order chi connectivity index (χ1) is 11.1. The lowest BCUT2D eigenvalue weighted by atomic mass is 10.1. The van der Waals surface area contributed by atoms with E-state index >= 15 is 0 Å². The van der Waals surface area contributed by atoms with Gasteiger partial charge in [-0.25, -0.2) is 13.6 Å². The maximum Gasteiger partial charge on any atom is 0.337 e. The Morgan fingerprint density at radius 2 is 1.91 bits per heavy atom. The number of anilines is 1. The van der Waals surface area contributed by atoms with Crippen molar-refractivity contribution in [2.45, 2.75) is 6.42 Å². The van der Waals surface area contributed by atoms with E-state index in [1.54, 1.807) is 0 Å². The summed E-state index contributed by atoms with van der Waals surface area (Å²) in [4.78, 5) is 14.3. The zero-order valence-electron chi connectivity index (χ0n) is 12.1. The molecule has 0 aliphatic heterocycles. The number of aromatic carboxylic acids is 1. The summed E-state index contributed by atoms with van der Waals surface area (Å²) >= 11 is 0. The Labute approximate surface area is 130 Å². The number of para-hydroxylation sites is 1. The third kappa shape index (κ3) is 3.01. The summed E-state index contributed by atoms with van der Waals surface area (Å²) in [6.07, 6.45) is 2.50. The van der Waals surface area contributed by atoms with Crippen molar-refractivity contribution >= 4 is 22.6 Å². The fourth-order valence-electron chi connectivity index (χ4n) is 2.54. The van der Waals surface area contributed by atoms with E-state index in [2.05, 4.69) is 10.3 Å². The number of hydrogen-bond donors (Lipinski definition) is 3. The molecule has 4 nitrogen and oxygen atoms in total. The molecule has 6 heteroatoms. The number of nitrogens with one attached hydrogen (secondary N) is 2. The largest absolute Gasteiger partial charge is 0.478 e. The molecule has 118 valence electrons. The van der Waals surface area contributed by atoms with Crippen LogP contribution in [0.15, 0.2) is 42.6 Å². The molecule has 3 aromatic rings. The average molecular weight is 316 g/mol. The normalized spacial score (nSPS) is 10.9. The quantitative estimate of drug-likeness (QED) is 0.671. The minimum atomic E-state index is -1.31. The van der Waals surface area contributed by atoms with Gasteiger partial charge in [-0.3, -0.25) is 0 Å². The van der Waals surface area contributed by atoms with Gasteiger partial charge in [0.25, 0.3) is 0 Å². The number of halogens is 2. The van der Waals surface area contributed by atoms with Crippen LogP contribution in [0.3, 0.4) is 0 Å². The molecule has 0 amide bonds. The molecule has 0 unspecified atom stereocenters. The van der Waals surface area contributed by atoms with Crippen molar-refractivity contribution in [1.82, 2.24) is 4.98 Å². The molecule has 0 fully saturated rings. The Hall–Kier alpha value is -2.89. The molecule has 0 aliphatic carbocycles. The van der Waals surface area contributed by atoms with Crippen LogP contribution in [0.5, 0.6) is 0 Å². The number of carboxylic acid groups (broad SMARTS) is 1. The Balaban J connectivity index is 1.76. The molecule has 0 radical (unpaired) electrons. The van der Waals surface area contributed by atoms with Crippen LogP contribution in [0.2, 0.25) is 0 Å². The van der Waals surface area contributed by atoms with Gasteiger partial charge in [0, 0.05) is 29.7 Å². The highest BCUT2D eigenvalue weighted by atomic mass is 19.2. The van der Waals surface area contributed by atoms with Gasteiger partial charge in [0.15, 0.2) is 11.6 Å². The Morgan fingerprint density at radius 1 is 1.17 bits per heavy atom. The minimum absolute atomic E-state index is 0.0660. The lowest BCUT2D eigenvalue weighted by Crippen LogP contribution is -2.10. The summed E-state index contributed by atoms with van der Waals surface area (Å²) in [5.74, 6) is -3.56. The van der Waals surface area contributed by atoms with Gasteiger partial charge < -0.3 is 15.4 Å². The topological polar surface area (TPSA) is 65.1 Å². The lowest BCUT2D eigenvalue weighted by Gasteiger charge is -2.10. The van der Waals surface area contributed by atoms with Gasteiger partial charge in [0.1, 0.15) is 0 Å². The van der Waals surface area contributed by atoms with E-state index in [1.807, 2.05) is 30.5 Å². The smallest absolute Gasteiger partial charge is 0.337 e. The first-order valence-corrected chi connectivity index (χ1v) is 7.07. The number of H-pyrrole nitrogens is 1. The number of fused-ring (bicyclic) bond motifs is 1. The van der Waals surface area contributed by atoms with Crippen molar-refractivity contribution < 1.29 is 18.7 Å². The highest BCUT2D eigenvalue weighted by Gasteiger charge is 2.15. The number of benzene rings is 2. The summed E-state index contributed by atoms with van der Waals surface area (Å²) in [7, 11) is 0. The molecule has 1 heterocycles. The van der Waals surface area contributed by atoms with Crippen LogP contribution < -0.4 is 5.32 Å². The third-order valence-corrected chi connectivity index (χ3v) is 3.68. The van der Waals surface area contributed by atoms with E-state index in [1.165, 1.54) is 0 Å². The fourth-order valence-corrected chi connectivity index (χ4v) is 2.54. The summed E-state index contributed by atoms with van der Waals surface area (Å²) in [5, 5.41) is 13.0. The van der Waals surface area contributed by atoms with Gasteiger partial charge >= 0.3 is 5.97 Å². The predicted molar refractivity (Wildman–Crippen MR) is 83.8 cm³/mol. The molecule has 3 N–H and O–H groups in total. The zero-order chi connectivity index (χ0) is 16.4. The van der Waals surface area contributed by atoms with Crippen molar-refractivity contribution in [3.8, 4) is 0 Å². The van der Waals surface area contributed by atoms with Gasteiger partial charge in [-0.1, -0.05) is 18.2 Å². The highest BCUT2D eigenvalue weighted by Crippen LogP contribution is 2.21. The minimum Gasteiger partial charge on any atom is -0.478 e. The summed E-state index contributed by atoms with van der Waals surface area (Å²) in [6.45, 7) is 0.396. The Morgan fingerprint density at radius 3 is 2.70 bits per heavy atom. The molecule has 2 aromatic carbocycles. The highest BCUT2D eigenvalue weighted by molar-refractivity contribution is 5.94. The van der Waals surface area contributed by atoms with Crippen LogP contribution in [0, 0.1) is 11.6 Å². The SMILES string of the molecule is O=C(O)c1cc(F)c(F)cc1NCCc1c[nH]c2ccccc12. The van der Waals surface area contributed by atoms with E-state index in [0.717, 1.165) is 22.5 Å². The molecular weight excluding hydrogens is 302 g/mol. The monoisotopic (exact) mass is 316 g/mol. The van der Waals surface area contributed by atoms with E-state index in [4.69, 9.17) is 5.11 Å². The first-order valence-electron chi connectivity index (χ1n) is 7.07. The van der Waals surface area contributed by atoms with Crippen LogP contribution in [-0.2, 0) is 6.42 Å². The molecule has 0 atom stereocenters. The molecular formula is C17H14F2N2O2.